The van der Waals surface area contributed by atoms with Crippen LogP contribution in [-0.2, 0) is 22.7 Å². The van der Waals surface area contributed by atoms with Crippen LogP contribution in [0.2, 0.25) is 5.02 Å². The Morgan fingerprint density at radius 1 is 1.06 bits per heavy atom. The van der Waals surface area contributed by atoms with Crippen LogP contribution in [0.1, 0.15) is 49.3 Å². The van der Waals surface area contributed by atoms with Crippen LogP contribution in [0.25, 0.3) is 22.4 Å². The van der Waals surface area contributed by atoms with Gasteiger partial charge in [-0.1, -0.05) is 23.7 Å². The Labute approximate surface area is 301 Å². The summed E-state index contributed by atoms with van der Waals surface area (Å²) in [6.45, 7) is 5.95. The number of aromatic nitrogens is 2. The monoisotopic (exact) mass is 717 g/mol. The van der Waals surface area contributed by atoms with Crippen molar-refractivity contribution in [3.63, 3.8) is 0 Å². The number of methoxy groups -OCH3 is 1. The van der Waals surface area contributed by atoms with E-state index in [4.69, 9.17) is 16.3 Å². The fourth-order valence-corrected chi connectivity index (χ4v) is 7.03. The first kappa shape index (κ1) is 36.2. The number of likely N-dealkylation sites (tertiary alicyclic amines) is 1. The van der Waals surface area contributed by atoms with Gasteiger partial charge in [0.2, 0.25) is 11.8 Å². The smallest absolute Gasteiger partial charge is 0.220 e. The zero-order chi connectivity index (χ0) is 36.1. The van der Waals surface area contributed by atoms with E-state index in [0.29, 0.717) is 77.0 Å². The third kappa shape index (κ3) is 8.30. The number of pyridine rings is 2. The van der Waals surface area contributed by atoms with Gasteiger partial charge in [-0.05, 0) is 67.6 Å². The summed E-state index contributed by atoms with van der Waals surface area (Å²) in [7, 11) is 1.48. The maximum absolute atomic E-state index is 15.7. The van der Waals surface area contributed by atoms with Gasteiger partial charge in [0.25, 0.3) is 0 Å². The lowest BCUT2D eigenvalue weighted by molar-refractivity contribution is -0.130. The fraction of sp³-hybridized carbons (Fsp3) is 0.368. The van der Waals surface area contributed by atoms with E-state index in [0.717, 1.165) is 30.4 Å². The quantitative estimate of drug-likeness (QED) is 0.135. The molecule has 2 aliphatic rings. The van der Waals surface area contributed by atoms with Crippen LogP contribution in [0.15, 0.2) is 54.9 Å². The van der Waals surface area contributed by atoms with E-state index in [1.54, 1.807) is 37.5 Å². The normalized spacial score (nSPS) is 16.3. The number of carbonyl (C=O) groups is 2. The number of nitrogens with zero attached hydrogens (tertiary/aromatic N) is 3. The van der Waals surface area contributed by atoms with E-state index < -0.39 is 11.6 Å². The van der Waals surface area contributed by atoms with Gasteiger partial charge < -0.3 is 30.9 Å². The van der Waals surface area contributed by atoms with Crippen LogP contribution in [-0.4, -0.2) is 65.5 Å². The molecule has 4 aromatic rings. The summed E-state index contributed by atoms with van der Waals surface area (Å²) in [6.07, 6.45) is 6.07. The molecule has 10 nitrogen and oxygen atoms in total. The molecule has 0 bridgehead atoms. The van der Waals surface area contributed by atoms with Crippen molar-refractivity contribution < 1.29 is 23.1 Å². The van der Waals surface area contributed by atoms with Gasteiger partial charge in [0.1, 0.15) is 11.6 Å². The summed E-state index contributed by atoms with van der Waals surface area (Å²) < 4.78 is 36.8. The lowest BCUT2D eigenvalue weighted by atomic mass is 9.97. The van der Waals surface area contributed by atoms with Gasteiger partial charge in [-0.2, -0.15) is 0 Å². The number of benzene rings is 2. The molecule has 2 saturated heterocycles. The number of hydrogen-bond acceptors (Lipinski definition) is 8. The Morgan fingerprint density at radius 2 is 1.84 bits per heavy atom. The predicted molar refractivity (Wildman–Crippen MR) is 194 cm³/mol. The summed E-state index contributed by atoms with van der Waals surface area (Å²) in [4.78, 5) is 33.8. The Hall–Kier alpha value is -4.65. The van der Waals surface area contributed by atoms with Gasteiger partial charge in [-0.25, -0.2) is 13.8 Å². The summed E-state index contributed by atoms with van der Waals surface area (Å²) in [5.74, 6) is -0.352. The third-order valence-corrected chi connectivity index (χ3v) is 10.1. The molecule has 2 aliphatic heterocycles. The highest BCUT2D eigenvalue weighted by atomic mass is 35.5. The van der Waals surface area contributed by atoms with Crippen molar-refractivity contribution in [3.8, 4) is 28.1 Å². The van der Waals surface area contributed by atoms with E-state index in [-0.39, 0.29) is 36.3 Å². The first-order valence-electron chi connectivity index (χ1n) is 17.1. The van der Waals surface area contributed by atoms with Crippen molar-refractivity contribution in [3.05, 3.63) is 88.2 Å². The van der Waals surface area contributed by atoms with Gasteiger partial charge in [0.15, 0.2) is 11.6 Å². The molecule has 1 unspecified atom stereocenters. The number of hydrogen-bond donors (Lipinski definition) is 4. The van der Waals surface area contributed by atoms with Crippen molar-refractivity contribution in [2.75, 3.05) is 32.1 Å². The molecule has 2 aromatic carbocycles. The van der Waals surface area contributed by atoms with Crippen LogP contribution < -0.4 is 26.0 Å². The van der Waals surface area contributed by atoms with Crippen molar-refractivity contribution in [1.29, 1.82) is 0 Å². The van der Waals surface area contributed by atoms with Crippen LogP contribution in [0.5, 0.6) is 5.75 Å². The minimum Gasteiger partial charge on any atom is -0.496 e. The maximum atomic E-state index is 15.7. The topological polar surface area (TPSA) is 121 Å². The number of carbonyl (C=O) groups excluding carboxylic acids is 2. The summed E-state index contributed by atoms with van der Waals surface area (Å²) >= 11 is 6.99. The number of halogens is 3. The standard InChI is InChI=1S/C38H42ClF2N7O3/c1-22-28(5-4-6-32(22)47-38-36(41)24(9-13-44-38)19-45-26-11-15-48(16-12-26)23(2)49)29-10-14-43-37(35(29)39)25-17-31(40)30(33(18-25)51-3)21-42-20-27-7-8-34(50)46-27/h4-6,9-10,13-14,17-18,26-27,42,45H,7-8,11-12,15-16,19-21H2,1-3H3,(H,44,47)(H,46,50). The molecule has 4 N–H and O–H groups in total. The number of anilines is 2. The van der Waals surface area contributed by atoms with Gasteiger partial charge in [-0.15, -0.1) is 0 Å². The molecule has 2 fully saturated rings. The van der Waals surface area contributed by atoms with Gasteiger partial charge >= 0.3 is 0 Å². The Balaban J connectivity index is 1.18. The minimum absolute atomic E-state index is 0.0193. The average Bonchev–Trinajstić information content (AvgIpc) is 3.54. The number of piperidine rings is 1. The van der Waals surface area contributed by atoms with Crippen molar-refractivity contribution >= 4 is 34.9 Å². The van der Waals surface area contributed by atoms with Crippen molar-refractivity contribution in [2.45, 2.75) is 64.7 Å². The second-order valence-corrected chi connectivity index (χ2v) is 13.4. The number of ether oxygens (including phenoxy) is 1. The first-order valence-corrected chi connectivity index (χ1v) is 17.5. The number of amides is 2. The summed E-state index contributed by atoms with van der Waals surface area (Å²) in [6, 6.07) is 12.4. The lowest BCUT2D eigenvalue weighted by Crippen LogP contribution is -2.44. The molecule has 0 saturated carbocycles. The Bertz CT molecular complexity index is 1920. The van der Waals surface area contributed by atoms with E-state index in [9.17, 15) is 9.59 Å². The molecule has 0 spiro atoms. The molecule has 0 aliphatic carbocycles. The molecule has 13 heteroatoms. The van der Waals surface area contributed by atoms with E-state index in [1.165, 1.54) is 13.2 Å². The highest BCUT2D eigenvalue weighted by molar-refractivity contribution is 6.35. The average molecular weight is 718 g/mol. The first-order chi connectivity index (χ1) is 24.6. The zero-order valence-corrected chi connectivity index (χ0v) is 29.7. The third-order valence-electron chi connectivity index (χ3n) is 9.68. The predicted octanol–water partition coefficient (Wildman–Crippen LogP) is 6.27. The Morgan fingerprint density at radius 3 is 2.57 bits per heavy atom. The molecular formula is C38H42ClF2N7O3. The molecule has 2 amide bonds. The summed E-state index contributed by atoms with van der Waals surface area (Å²) in [5, 5.41) is 13.0. The maximum Gasteiger partial charge on any atom is 0.220 e. The van der Waals surface area contributed by atoms with Crippen LogP contribution >= 0.6 is 11.6 Å². The van der Waals surface area contributed by atoms with Crippen LogP contribution in [0.3, 0.4) is 0 Å². The molecule has 0 radical (unpaired) electrons. The zero-order valence-electron chi connectivity index (χ0n) is 28.9. The van der Waals surface area contributed by atoms with Gasteiger partial charge in [0, 0.05) is 98.5 Å². The van der Waals surface area contributed by atoms with Gasteiger partial charge in [0.05, 0.1) is 17.8 Å². The fourth-order valence-electron chi connectivity index (χ4n) is 6.71. The van der Waals surface area contributed by atoms with Crippen LogP contribution in [0, 0.1) is 18.6 Å². The van der Waals surface area contributed by atoms with E-state index >= 15 is 8.78 Å². The van der Waals surface area contributed by atoms with Gasteiger partial charge in [-0.3, -0.25) is 14.6 Å². The molecule has 1 atom stereocenters. The highest BCUT2D eigenvalue weighted by Crippen LogP contribution is 2.40. The summed E-state index contributed by atoms with van der Waals surface area (Å²) in [5.41, 5.74) is 4.61. The minimum atomic E-state index is -0.469. The van der Waals surface area contributed by atoms with Crippen molar-refractivity contribution in [2.24, 2.45) is 0 Å². The molecular weight excluding hydrogens is 676 g/mol. The molecule has 6 rings (SSSR count). The largest absolute Gasteiger partial charge is 0.496 e. The second kappa shape index (κ2) is 16.1. The Kier molecular flexibility index (Phi) is 11.4. The molecule has 4 heterocycles. The molecule has 268 valence electrons. The number of rotatable bonds is 12. The van der Waals surface area contributed by atoms with E-state index in [1.807, 2.05) is 30.0 Å². The molecule has 2 aromatic heterocycles. The highest BCUT2D eigenvalue weighted by Gasteiger charge is 2.23. The molecule has 51 heavy (non-hydrogen) atoms. The SMILES string of the molecule is COc1cc(-c2nccc(-c3cccc(Nc4nccc(CNC5CCN(C(C)=O)CC5)c4F)c3C)c2Cl)cc(F)c1CNCC1CCC(=O)N1. The lowest BCUT2D eigenvalue weighted by Gasteiger charge is -2.31. The van der Waals surface area contributed by atoms with Crippen LogP contribution in [0.4, 0.5) is 20.3 Å². The van der Waals surface area contributed by atoms with Crippen molar-refractivity contribution in [1.82, 2.24) is 30.8 Å². The number of nitrogens with one attached hydrogen (secondary N) is 4. The van der Waals surface area contributed by atoms with E-state index in [2.05, 4.69) is 31.2 Å². The second-order valence-electron chi connectivity index (χ2n) is 13.0.